The molecule has 0 spiro atoms. The zero-order chi connectivity index (χ0) is 7.68. The lowest BCUT2D eigenvalue weighted by atomic mass is 10.1. The Morgan fingerprint density at radius 3 is 2.64 bits per heavy atom. The third-order valence-corrected chi connectivity index (χ3v) is 2.85. The van der Waals surface area contributed by atoms with Crippen LogP contribution in [0.15, 0.2) is 0 Å². The molecule has 1 aliphatic carbocycles. The number of rotatable bonds is 3. The monoisotopic (exact) mass is 155 g/mol. The van der Waals surface area contributed by atoms with Crippen molar-refractivity contribution >= 4 is 0 Å². The molecular weight excluding hydrogens is 138 g/mol. The van der Waals surface area contributed by atoms with Gasteiger partial charge in [-0.2, -0.15) is 0 Å². The van der Waals surface area contributed by atoms with E-state index in [4.69, 9.17) is 4.74 Å². The molecule has 1 N–H and O–H groups in total. The minimum absolute atomic E-state index is 0.512. The molecule has 0 aromatic heterocycles. The van der Waals surface area contributed by atoms with Crippen molar-refractivity contribution in [2.24, 2.45) is 5.92 Å². The van der Waals surface area contributed by atoms with Crippen LogP contribution in [0.1, 0.15) is 25.7 Å². The molecule has 0 aromatic rings. The van der Waals surface area contributed by atoms with Crippen LogP contribution in [-0.2, 0) is 4.74 Å². The van der Waals surface area contributed by atoms with Gasteiger partial charge >= 0.3 is 0 Å². The summed E-state index contributed by atoms with van der Waals surface area (Å²) in [6.45, 7) is 1.19. The first-order valence-electron chi connectivity index (χ1n) is 4.68. The van der Waals surface area contributed by atoms with Gasteiger partial charge in [0.05, 0.1) is 6.10 Å². The van der Waals surface area contributed by atoms with Gasteiger partial charge in [-0.3, -0.25) is 0 Å². The SMILES string of the molecule is COC(C1CC1)C1CCCN1. The summed E-state index contributed by atoms with van der Waals surface area (Å²) in [6, 6.07) is 0.660. The van der Waals surface area contributed by atoms with Gasteiger partial charge in [0, 0.05) is 13.2 Å². The molecule has 1 saturated carbocycles. The van der Waals surface area contributed by atoms with E-state index in [1.807, 2.05) is 7.11 Å². The first-order valence-corrected chi connectivity index (χ1v) is 4.68. The van der Waals surface area contributed by atoms with E-state index in [1.165, 1.54) is 32.2 Å². The van der Waals surface area contributed by atoms with Crippen LogP contribution >= 0.6 is 0 Å². The van der Waals surface area contributed by atoms with Crippen LogP contribution in [0, 0.1) is 5.92 Å². The summed E-state index contributed by atoms with van der Waals surface area (Å²) in [7, 11) is 1.85. The fourth-order valence-electron chi connectivity index (χ4n) is 2.10. The van der Waals surface area contributed by atoms with Gasteiger partial charge in [-0.25, -0.2) is 0 Å². The molecule has 2 fully saturated rings. The summed E-state index contributed by atoms with van der Waals surface area (Å²) >= 11 is 0. The Balaban J connectivity index is 1.87. The van der Waals surface area contributed by atoms with E-state index in [0.717, 1.165) is 5.92 Å². The average molecular weight is 155 g/mol. The van der Waals surface area contributed by atoms with Crippen LogP contribution in [0.2, 0.25) is 0 Å². The Bertz CT molecular complexity index is 128. The first-order chi connectivity index (χ1) is 5.42. The third-order valence-electron chi connectivity index (χ3n) is 2.85. The molecule has 2 heteroatoms. The molecule has 2 unspecified atom stereocenters. The molecule has 2 atom stereocenters. The van der Waals surface area contributed by atoms with Gasteiger partial charge in [0.1, 0.15) is 0 Å². The molecule has 11 heavy (non-hydrogen) atoms. The maximum absolute atomic E-state index is 5.50. The third kappa shape index (κ3) is 1.57. The van der Waals surface area contributed by atoms with Crippen LogP contribution in [-0.4, -0.2) is 25.8 Å². The van der Waals surface area contributed by atoms with E-state index >= 15 is 0 Å². The quantitative estimate of drug-likeness (QED) is 0.660. The van der Waals surface area contributed by atoms with Gasteiger partial charge in [0.15, 0.2) is 0 Å². The second kappa shape index (κ2) is 3.11. The molecule has 64 valence electrons. The second-order valence-corrected chi connectivity index (χ2v) is 3.74. The summed E-state index contributed by atoms with van der Waals surface area (Å²) in [4.78, 5) is 0. The van der Waals surface area contributed by atoms with Crippen molar-refractivity contribution in [3.63, 3.8) is 0 Å². The highest BCUT2D eigenvalue weighted by atomic mass is 16.5. The smallest absolute Gasteiger partial charge is 0.0752 e. The van der Waals surface area contributed by atoms with Gasteiger partial charge < -0.3 is 10.1 Å². The van der Waals surface area contributed by atoms with Gasteiger partial charge in [0.25, 0.3) is 0 Å². The van der Waals surface area contributed by atoms with Gasteiger partial charge in [-0.1, -0.05) is 0 Å². The number of ether oxygens (including phenoxy) is 1. The number of nitrogens with one attached hydrogen (secondary N) is 1. The van der Waals surface area contributed by atoms with Gasteiger partial charge in [0.2, 0.25) is 0 Å². The van der Waals surface area contributed by atoms with Gasteiger partial charge in [-0.15, -0.1) is 0 Å². The first kappa shape index (κ1) is 7.56. The van der Waals surface area contributed by atoms with E-state index in [1.54, 1.807) is 0 Å². The van der Waals surface area contributed by atoms with Gasteiger partial charge in [-0.05, 0) is 38.1 Å². The van der Waals surface area contributed by atoms with Crippen molar-refractivity contribution in [1.29, 1.82) is 0 Å². The van der Waals surface area contributed by atoms with E-state index < -0.39 is 0 Å². The van der Waals surface area contributed by atoms with E-state index in [9.17, 15) is 0 Å². The molecular formula is C9H17NO. The van der Waals surface area contributed by atoms with Crippen molar-refractivity contribution in [3.8, 4) is 0 Å². The molecule has 1 aliphatic heterocycles. The predicted octanol–water partition coefficient (Wildman–Crippen LogP) is 1.16. The van der Waals surface area contributed by atoms with Crippen LogP contribution in [0.5, 0.6) is 0 Å². The molecule has 2 aliphatic rings. The largest absolute Gasteiger partial charge is 0.380 e. The van der Waals surface area contributed by atoms with E-state index in [-0.39, 0.29) is 0 Å². The lowest BCUT2D eigenvalue weighted by molar-refractivity contribution is 0.0569. The second-order valence-electron chi connectivity index (χ2n) is 3.74. The van der Waals surface area contributed by atoms with Crippen LogP contribution in [0.4, 0.5) is 0 Å². The number of hydrogen-bond donors (Lipinski definition) is 1. The number of hydrogen-bond acceptors (Lipinski definition) is 2. The zero-order valence-electron chi connectivity index (χ0n) is 7.18. The Hall–Kier alpha value is -0.0800. The Morgan fingerprint density at radius 1 is 1.36 bits per heavy atom. The summed E-state index contributed by atoms with van der Waals surface area (Å²) in [5, 5.41) is 3.50. The van der Waals surface area contributed by atoms with Crippen molar-refractivity contribution in [1.82, 2.24) is 5.32 Å². The molecule has 2 nitrogen and oxygen atoms in total. The highest BCUT2D eigenvalue weighted by Crippen LogP contribution is 2.37. The normalized spacial score (nSPS) is 34.1. The molecule has 2 rings (SSSR count). The Kier molecular flexibility index (Phi) is 2.14. The fraction of sp³-hybridized carbons (Fsp3) is 1.00. The maximum Gasteiger partial charge on any atom is 0.0752 e. The highest BCUT2D eigenvalue weighted by Gasteiger charge is 2.37. The lowest BCUT2D eigenvalue weighted by Gasteiger charge is -2.21. The van der Waals surface area contributed by atoms with Crippen LogP contribution in [0.3, 0.4) is 0 Å². The molecule has 0 amide bonds. The van der Waals surface area contributed by atoms with Crippen LogP contribution in [0.25, 0.3) is 0 Å². The summed E-state index contributed by atoms with van der Waals surface area (Å²) < 4.78 is 5.50. The summed E-state index contributed by atoms with van der Waals surface area (Å²) in [5.74, 6) is 0.871. The zero-order valence-corrected chi connectivity index (χ0v) is 7.18. The topological polar surface area (TPSA) is 21.3 Å². The maximum atomic E-state index is 5.50. The van der Waals surface area contributed by atoms with E-state index in [0.29, 0.717) is 12.1 Å². The molecule has 0 bridgehead atoms. The standard InChI is InChI=1S/C9H17NO/c1-11-9(7-4-5-7)8-3-2-6-10-8/h7-10H,2-6H2,1H3. The predicted molar refractivity (Wildman–Crippen MR) is 44.5 cm³/mol. The lowest BCUT2D eigenvalue weighted by Crippen LogP contribution is -2.37. The average Bonchev–Trinajstić information content (AvgIpc) is 2.68. The Morgan fingerprint density at radius 2 is 2.18 bits per heavy atom. The Labute approximate surface area is 68.3 Å². The number of methoxy groups -OCH3 is 1. The summed E-state index contributed by atoms with van der Waals surface area (Å²) in [6.07, 6.45) is 5.93. The molecule has 1 saturated heterocycles. The van der Waals surface area contributed by atoms with Crippen molar-refractivity contribution in [3.05, 3.63) is 0 Å². The van der Waals surface area contributed by atoms with E-state index in [2.05, 4.69) is 5.32 Å². The van der Waals surface area contributed by atoms with Crippen molar-refractivity contribution < 1.29 is 4.74 Å². The highest BCUT2D eigenvalue weighted by molar-refractivity contribution is 4.92. The minimum Gasteiger partial charge on any atom is -0.380 e. The minimum atomic E-state index is 0.512. The molecule has 0 radical (unpaired) electrons. The summed E-state index contributed by atoms with van der Waals surface area (Å²) in [5.41, 5.74) is 0. The van der Waals surface area contributed by atoms with Crippen LogP contribution < -0.4 is 5.32 Å². The molecule has 1 heterocycles. The molecule has 0 aromatic carbocycles. The van der Waals surface area contributed by atoms with Crippen molar-refractivity contribution in [2.45, 2.75) is 37.8 Å². The fourth-order valence-corrected chi connectivity index (χ4v) is 2.10. The van der Waals surface area contributed by atoms with Crippen molar-refractivity contribution in [2.75, 3.05) is 13.7 Å².